The van der Waals surface area contributed by atoms with Crippen LogP contribution in [-0.4, -0.2) is 87.5 Å². The molecule has 9 heteroatoms. The first-order valence-electron chi connectivity index (χ1n) is 25.2. The first-order chi connectivity index (χ1) is 29.3. The van der Waals surface area contributed by atoms with Gasteiger partial charge in [-0.15, -0.1) is 0 Å². The van der Waals surface area contributed by atoms with Crippen LogP contribution in [-0.2, 0) is 14.3 Å². The van der Waals surface area contributed by atoms with Crippen LogP contribution in [0.3, 0.4) is 0 Å². The summed E-state index contributed by atoms with van der Waals surface area (Å²) in [5.41, 5.74) is 0. The Balaban J connectivity index is 2.29. The van der Waals surface area contributed by atoms with Gasteiger partial charge in [-0.25, -0.2) is 0 Å². The summed E-state index contributed by atoms with van der Waals surface area (Å²) in [6.45, 7) is 3.73. The van der Waals surface area contributed by atoms with E-state index in [0.717, 1.165) is 70.6 Å². The predicted octanol–water partition coefficient (Wildman–Crippen LogP) is 11.2. The number of nitrogens with one attached hydrogen (secondary N) is 1. The molecule has 1 aliphatic rings. The Kier molecular flexibility index (Phi) is 39.0. The molecule has 0 aliphatic carbocycles. The largest absolute Gasteiger partial charge is 0.394 e. The topological polar surface area (TPSA) is 149 Å². The average Bonchev–Trinajstić information content (AvgIpc) is 3.25. The second-order valence-corrected chi connectivity index (χ2v) is 17.6. The highest BCUT2D eigenvalue weighted by Crippen LogP contribution is 2.23. The molecule has 0 bridgehead atoms. The molecule has 0 spiro atoms. The quantitative estimate of drug-likeness (QED) is 0.0263. The molecule has 1 saturated heterocycles. The Morgan fingerprint density at radius 3 is 1.48 bits per heavy atom. The van der Waals surface area contributed by atoms with E-state index in [0.29, 0.717) is 6.42 Å². The van der Waals surface area contributed by atoms with Crippen LogP contribution in [0, 0.1) is 0 Å². The number of hydrogen-bond acceptors (Lipinski definition) is 8. The van der Waals surface area contributed by atoms with E-state index in [1.165, 1.54) is 135 Å². The van der Waals surface area contributed by atoms with E-state index >= 15 is 0 Å². The number of amides is 1. The molecule has 60 heavy (non-hydrogen) atoms. The molecule has 6 N–H and O–H groups in total. The third-order valence-electron chi connectivity index (χ3n) is 12.0. The molecule has 7 unspecified atom stereocenters. The lowest BCUT2D eigenvalue weighted by Gasteiger charge is -2.40. The monoisotopic (exact) mass is 850 g/mol. The Morgan fingerprint density at radius 1 is 0.567 bits per heavy atom. The maximum Gasteiger partial charge on any atom is 0.220 e. The molecule has 1 rings (SSSR count). The molecule has 0 aromatic rings. The number of carbonyl (C=O) groups excluding carboxylic acids is 1. The summed E-state index contributed by atoms with van der Waals surface area (Å²) in [5, 5.41) is 54.3. The molecule has 9 nitrogen and oxygen atoms in total. The van der Waals surface area contributed by atoms with E-state index in [4.69, 9.17) is 9.47 Å². The van der Waals surface area contributed by atoms with E-state index < -0.39 is 49.5 Å². The fourth-order valence-electron chi connectivity index (χ4n) is 7.88. The minimum atomic E-state index is -1.57. The van der Waals surface area contributed by atoms with Crippen molar-refractivity contribution < 1.29 is 39.8 Å². The van der Waals surface area contributed by atoms with E-state index in [1.807, 2.05) is 6.08 Å². The van der Waals surface area contributed by atoms with E-state index in [2.05, 4.69) is 43.5 Å². The van der Waals surface area contributed by atoms with Crippen molar-refractivity contribution in [2.75, 3.05) is 13.2 Å². The second-order valence-electron chi connectivity index (χ2n) is 17.6. The summed E-state index contributed by atoms with van der Waals surface area (Å²) in [6, 6.07) is -0.811. The number of hydrogen-bond donors (Lipinski definition) is 6. The fourth-order valence-corrected chi connectivity index (χ4v) is 7.88. The van der Waals surface area contributed by atoms with Gasteiger partial charge in [-0.3, -0.25) is 4.79 Å². The van der Waals surface area contributed by atoms with Gasteiger partial charge in [-0.05, 0) is 44.9 Å². The Hall–Kier alpha value is -1.59. The van der Waals surface area contributed by atoms with Gasteiger partial charge in [0.25, 0.3) is 0 Å². The zero-order chi connectivity index (χ0) is 43.7. The minimum absolute atomic E-state index is 0.191. The predicted molar refractivity (Wildman–Crippen MR) is 249 cm³/mol. The van der Waals surface area contributed by atoms with Crippen LogP contribution in [0.15, 0.2) is 36.5 Å². The van der Waals surface area contributed by atoms with Crippen molar-refractivity contribution in [2.45, 2.75) is 269 Å². The zero-order valence-corrected chi connectivity index (χ0v) is 38.7. The molecule has 1 amide bonds. The highest BCUT2D eigenvalue weighted by Gasteiger charge is 2.44. The number of ether oxygens (including phenoxy) is 2. The molecule has 0 aromatic carbocycles. The van der Waals surface area contributed by atoms with Crippen molar-refractivity contribution in [1.82, 2.24) is 5.32 Å². The van der Waals surface area contributed by atoms with Crippen LogP contribution in [0.25, 0.3) is 0 Å². The summed E-state index contributed by atoms with van der Waals surface area (Å²) >= 11 is 0. The Labute approximate surface area is 368 Å². The van der Waals surface area contributed by atoms with E-state index in [1.54, 1.807) is 6.08 Å². The zero-order valence-electron chi connectivity index (χ0n) is 38.7. The highest BCUT2D eigenvalue weighted by molar-refractivity contribution is 5.76. The summed E-state index contributed by atoms with van der Waals surface area (Å²) < 4.78 is 11.2. The smallest absolute Gasteiger partial charge is 0.220 e. The molecule has 352 valence electrons. The van der Waals surface area contributed by atoms with Crippen molar-refractivity contribution >= 4 is 5.91 Å². The van der Waals surface area contributed by atoms with Crippen molar-refractivity contribution in [3.63, 3.8) is 0 Å². The number of aliphatic hydroxyl groups is 5. The third-order valence-corrected chi connectivity index (χ3v) is 12.0. The first kappa shape index (κ1) is 56.4. The SMILES string of the molecule is CCCC/C=C\C/C=C\CCCCCCCC(=O)NC(COC1OC(CO)C(O)C(O)C1O)C(O)/C=C/CCCCCCCCCCCCCCCCCCCCCCC. The molecular weight excluding hydrogens is 755 g/mol. The standard InChI is InChI=1S/C51H95NO8/c1-3-5-7-9-11-13-15-17-19-20-21-22-23-24-25-26-27-28-30-32-34-36-38-40-45(54)44(43-59-51-50(58)49(57)48(56)46(42-53)60-51)52-47(55)41-39-37-35-33-31-29-18-16-14-12-10-8-6-4-2/h10,12,16,18,38,40,44-46,48-51,53-54,56-58H,3-9,11,13-15,17,19-37,39,41-43H2,1-2H3,(H,52,55)/b12-10-,18-16-,40-38+. The van der Waals surface area contributed by atoms with Crippen LogP contribution in [0.5, 0.6) is 0 Å². The number of unbranched alkanes of at least 4 members (excludes halogenated alkanes) is 28. The van der Waals surface area contributed by atoms with Gasteiger partial charge in [0.1, 0.15) is 24.4 Å². The van der Waals surface area contributed by atoms with Crippen molar-refractivity contribution in [3.8, 4) is 0 Å². The van der Waals surface area contributed by atoms with Gasteiger partial charge in [-0.2, -0.15) is 0 Å². The van der Waals surface area contributed by atoms with Gasteiger partial charge in [-0.1, -0.05) is 211 Å². The lowest BCUT2D eigenvalue weighted by atomic mass is 9.99. The lowest BCUT2D eigenvalue weighted by Crippen LogP contribution is -2.60. The molecule has 7 atom stereocenters. The first-order valence-corrected chi connectivity index (χ1v) is 25.2. The number of allylic oxidation sites excluding steroid dienone is 5. The van der Waals surface area contributed by atoms with Gasteiger partial charge in [0, 0.05) is 6.42 Å². The molecule has 0 aromatic heterocycles. The molecular formula is C51H95NO8. The van der Waals surface area contributed by atoms with Gasteiger partial charge in [0.15, 0.2) is 6.29 Å². The molecule has 1 heterocycles. The highest BCUT2D eigenvalue weighted by atomic mass is 16.7. The molecule has 1 fully saturated rings. The molecule has 0 saturated carbocycles. The summed E-state index contributed by atoms with van der Waals surface area (Å²) in [5.74, 6) is -0.191. The van der Waals surface area contributed by atoms with Crippen LogP contribution in [0.2, 0.25) is 0 Å². The van der Waals surface area contributed by atoms with Gasteiger partial charge in [0.2, 0.25) is 5.91 Å². The number of carbonyl (C=O) groups is 1. The van der Waals surface area contributed by atoms with Crippen molar-refractivity contribution in [1.29, 1.82) is 0 Å². The van der Waals surface area contributed by atoms with Gasteiger partial charge in [0.05, 0.1) is 25.4 Å². The van der Waals surface area contributed by atoms with Crippen LogP contribution < -0.4 is 5.32 Å². The maximum atomic E-state index is 13.0. The molecule has 1 aliphatic heterocycles. The number of rotatable bonds is 42. The maximum absolute atomic E-state index is 13.0. The van der Waals surface area contributed by atoms with Gasteiger partial charge >= 0.3 is 0 Å². The van der Waals surface area contributed by atoms with Crippen molar-refractivity contribution in [3.05, 3.63) is 36.5 Å². The van der Waals surface area contributed by atoms with Crippen LogP contribution in [0.1, 0.15) is 226 Å². The van der Waals surface area contributed by atoms with Crippen LogP contribution in [0.4, 0.5) is 0 Å². The Bertz CT molecular complexity index is 1030. The third kappa shape index (κ3) is 31.3. The molecule has 0 radical (unpaired) electrons. The summed E-state index contributed by atoms with van der Waals surface area (Å²) in [4.78, 5) is 13.0. The lowest BCUT2D eigenvalue weighted by molar-refractivity contribution is -0.302. The summed E-state index contributed by atoms with van der Waals surface area (Å²) in [7, 11) is 0. The average molecular weight is 850 g/mol. The van der Waals surface area contributed by atoms with E-state index in [9.17, 15) is 30.3 Å². The van der Waals surface area contributed by atoms with Gasteiger partial charge < -0.3 is 40.3 Å². The summed E-state index contributed by atoms with van der Waals surface area (Å²) in [6.07, 6.45) is 44.8. The Morgan fingerprint density at radius 2 is 1.00 bits per heavy atom. The van der Waals surface area contributed by atoms with Crippen molar-refractivity contribution in [2.24, 2.45) is 0 Å². The number of aliphatic hydroxyl groups excluding tert-OH is 5. The normalized spacial score (nSPS) is 20.8. The van der Waals surface area contributed by atoms with E-state index in [-0.39, 0.29) is 12.5 Å². The fraction of sp³-hybridized carbons (Fsp3) is 0.863. The second kappa shape index (κ2) is 41.4. The van der Waals surface area contributed by atoms with Crippen LogP contribution >= 0.6 is 0 Å². The minimum Gasteiger partial charge on any atom is -0.394 e.